The van der Waals surface area contributed by atoms with Gasteiger partial charge in [0, 0.05) is 59.4 Å². The summed E-state index contributed by atoms with van der Waals surface area (Å²) < 4.78 is 0. The topological polar surface area (TPSA) is 51.6 Å². The summed E-state index contributed by atoms with van der Waals surface area (Å²) in [4.78, 5) is 17.4. The van der Waals surface area contributed by atoms with Crippen LogP contribution >= 0.6 is 0 Å². The van der Waals surface area contributed by atoms with Gasteiger partial charge < -0.3 is 0 Å². The Kier molecular flexibility index (Phi) is 9.13. The summed E-state index contributed by atoms with van der Waals surface area (Å²) in [7, 11) is 0. The molecule has 0 unspecified atom stereocenters. The summed E-state index contributed by atoms with van der Waals surface area (Å²) in [5.74, 6) is 0. The van der Waals surface area contributed by atoms with Crippen molar-refractivity contribution in [3.8, 4) is 0 Å². The Bertz CT molecular complexity index is 909. The fourth-order valence-corrected chi connectivity index (χ4v) is 2.77. The molecule has 0 aliphatic carbocycles. The van der Waals surface area contributed by atoms with Gasteiger partial charge in [-0.1, -0.05) is 24.3 Å². The molecule has 148 valence electrons. The van der Waals surface area contributed by atoms with Crippen LogP contribution in [-0.2, 0) is 29.3 Å². The van der Waals surface area contributed by atoms with Crippen molar-refractivity contribution in [1.82, 2.24) is 19.9 Å². The molecule has 0 N–H and O–H groups in total. The van der Waals surface area contributed by atoms with Crippen LogP contribution in [-0.4, -0.2) is 19.9 Å². The zero-order valence-electron chi connectivity index (χ0n) is 16.6. The van der Waals surface area contributed by atoms with E-state index in [0.29, 0.717) is 0 Å². The Balaban J connectivity index is 0.000000200. The van der Waals surface area contributed by atoms with E-state index in [1.54, 1.807) is 0 Å². The van der Waals surface area contributed by atoms with Gasteiger partial charge in [0.1, 0.15) is 0 Å². The number of nitrogens with zero attached hydrogens (tertiary/aromatic N) is 4. The molecule has 0 radical (unpaired) electrons. The number of aromatic nitrogens is 4. The average Bonchev–Trinajstić information content (AvgIpc) is 2.70. The largest absolute Gasteiger partial charge is 2.00 e. The van der Waals surface area contributed by atoms with Gasteiger partial charge in [0.15, 0.2) is 0 Å². The Morgan fingerprint density at radius 2 is 0.931 bits per heavy atom. The van der Waals surface area contributed by atoms with Gasteiger partial charge in [0.2, 0.25) is 0 Å². The van der Waals surface area contributed by atoms with Crippen molar-refractivity contribution < 1.29 is 16.5 Å². The second-order valence-electron chi connectivity index (χ2n) is 6.54. The van der Waals surface area contributed by atoms with Gasteiger partial charge in [-0.25, -0.2) is 0 Å². The van der Waals surface area contributed by atoms with Gasteiger partial charge in [0.05, 0.1) is 0 Å². The maximum absolute atomic E-state index is 4.43. The molecule has 0 aromatic carbocycles. The third-order valence-corrected chi connectivity index (χ3v) is 4.07. The maximum atomic E-state index is 4.43. The van der Waals surface area contributed by atoms with Gasteiger partial charge in [-0.05, 0) is 62.4 Å². The molecular formula is C24H24N4Ni+2. The molecule has 0 amide bonds. The van der Waals surface area contributed by atoms with Crippen molar-refractivity contribution in [1.29, 1.82) is 0 Å². The summed E-state index contributed by atoms with van der Waals surface area (Å²) in [5, 5.41) is 0. The number of hydrogen-bond donors (Lipinski definition) is 0. The Morgan fingerprint density at radius 3 is 1.28 bits per heavy atom. The third-order valence-electron chi connectivity index (χ3n) is 4.07. The summed E-state index contributed by atoms with van der Waals surface area (Å²) in [6.07, 6.45) is 5.24. The zero-order valence-corrected chi connectivity index (χ0v) is 17.6. The van der Waals surface area contributed by atoms with Crippen molar-refractivity contribution in [2.75, 3.05) is 0 Å². The van der Waals surface area contributed by atoms with Crippen LogP contribution in [0, 0.1) is 13.8 Å². The molecule has 4 aromatic rings. The molecule has 4 heterocycles. The van der Waals surface area contributed by atoms with Gasteiger partial charge in [-0.2, -0.15) is 0 Å². The second-order valence-corrected chi connectivity index (χ2v) is 6.54. The standard InChI is InChI=1S/2C12H12N2.Ni/c2*1-10-5-4-7-12(14-10)9-11-6-2-3-8-13-11;/h2*2-8H,9H2,1H3;/q;;+2. The SMILES string of the molecule is Cc1cccc(Cc2ccccn2)n1.Cc1cccc(Cc2ccccn2)n1.[Ni+2]. The number of hydrogen-bond acceptors (Lipinski definition) is 4. The fraction of sp³-hybridized carbons (Fsp3) is 0.167. The zero-order chi connectivity index (χ0) is 19.6. The van der Waals surface area contributed by atoms with E-state index in [2.05, 4.69) is 19.9 Å². The Morgan fingerprint density at radius 1 is 0.517 bits per heavy atom. The first-order valence-electron chi connectivity index (χ1n) is 9.34. The Hall–Kier alpha value is -2.91. The van der Waals surface area contributed by atoms with Crippen LogP contribution in [0.3, 0.4) is 0 Å². The van der Waals surface area contributed by atoms with Crippen molar-refractivity contribution >= 4 is 0 Å². The number of aryl methyl sites for hydroxylation is 2. The predicted octanol–water partition coefficient (Wildman–Crippen LogP) is 4.75. The predicted molar refractivity (Wildman–Crippen MR) is 112 cm³/mol. The normalized spacial score (nSPS) is 9.72. The van der Waals surface area contributed by atoms with Crippen molar-refractivity contribution in [2.45, 2.75) is 26.7 Å². The fourth-order valence-electron chi connectivity index (χ4n) is 2.77. The molecule has 0 aliphatic rings. The molecule has 4 rings (SSSR count). The summed E-state index contributed by atoms with van der Waals surface area (Å²) in [6, 6.07) is 24.0. The molecule has 0 bridgehead atoms. The van der Waals surface area contributed by atoms with Crippen molar-refractivity contribution in [3.63, 3.8) is 0 Å². The minimum Gasteiger partial charge on any atom is -0.261 e. The first-order valence-corrected chi connectivity index (χ1v) is 9.34. The molecule has 0 saturated carbocycles. The summed E-state index contributed by atoms with van der Waals surface area (Å²) in [6.45, 7) is 4.00. The van der Waals surface area contributed by atoms with E-state index >= 15 is 0 Å². The van der Waals surface area contributed by atoms with E-state index in [1.807, 2.05) is 99.0 Å². The molecule has 0 aliphatic heterocycles. The van der Waals surface area contributed by atoms with E-state index < -0.39 is 0 Å². The maximum Gasteiger partial charge on any atom is 2.00 e. The third kappa shape index (κ3) is 7.92. The Labute approximate surface area is 182 Å². The van der Waals surface area contributed by atoms with Crippen LogP contribution < -0.4 is 0 Å². The molecular weight excluding hydrogens is 403 g/mol. The van der Waals surface area contributed by atoms with Crippen molar-refractivity contribution in [2.24, 2.45) is 0 Å². The molecule has 5 heteroatoms. The average molecular weight is 427 g/mol. The quantitative estimate of drug-likeness (QED) is 0.442. The van der Waals surface area contributed by atoms with Crippen LogP contribution in [0.2, 0.25) is 0 Å². The van der Waals surface area contributed by atoms with E-state index in [0.717, 1.165) is 47.0 Å². The van der Waals surface area contributed by atoms with Gasteiger partial charge in [-0.3, -0.25) is 19.9 Å². The first-order chi connectivity index (χ1) is 13.7. The minimum absolute atomic E-state index is 0. The van der Waals surface area contributed by atoms with E-state index in [1.165, 1.54) is 0 Å². The molecule has 0 spiro atoms. The molecule has 4 aromatic heterocycles. The first kappa shape index (κ1) is 22.4. The van der Waals surface area contributed by atoms with Gasteiger partial charge >= 0.3 is 16.5 Å². The van der Waals surface area contributed by atoms with Crippen LogP contribution in [0.15, 0.2) is 85.2 Å². The molecule has 0 atom stereocenters. The second kappa shape index (κ2) is 11.8. The van der Waals surface area contributed by atoms with Crippen LogP contribution in [0.1, 0.15) is 34.2 Å². The monoisotopic (exact) mass is 426 g/mol. The van der Waals surface area contributed by atoms with Gasteiger partial charge in [-0.15, -0.1) is 0 Å². The molecule has 4 nitrogen and oxygen atoms in total. The summed E-state index contributed by atoms with van der Waals surface area (Å²) in [5.41, 5.74) is 6.38. The summed E-state index contributed by atoms with van der Waals surface area (Å²) >= 11 is 0. The van der Waals surface area contributed by atoms with E-state index in [4.69, 9.17) is 0 Å². The molecule has 0 saturated heterocycles. The number of rotatable bonds is 4. The molecule has 0 fully saturated rings. The molecule has 29 heavy (non-hydrogen) atoms. The van der Waals surface area contributed by atoms with Gasteiger partial charge in [0.25, 0.3) is 0 Å². The van der Waals surface area contributed by atoms with E-state index in [-0.39, 0.29) is 16.5 Å². The smallest absolute Gasteiger partial charge is 0.261 e. The van der Waals surface area contributed by atoms with Crippen LogP contribution in [0.4, 0.5) is 0 Å². The van der Waals surface area contributed by atoms with E-state index in [9.17, 15) is 0 Å². The van der Waals surface area contributed by atoms with Crippen LogP contribution in [0.25, 0.3) is 0 Å². The number of pyridine rings is 4. The minimum atomic E-state index is 0. The van der Waals surface area contributed by atoms with Crippen molar-refractivity contribution in [3.05, 3.63) is 119 Å². The van der Waals surface area contributed by atoms with Crippen LogP contribution in [0.5, 0.6) is 0 Å².